The van der Waals surface area contributed by atoms with Crippen LogP contribution in [0, 0.1) is 0 Å². The second kappa shape index (κ2) is 7.61. The Balaban J connectivity index is 2.08. The van der Waals surface area contributed by atoms with Gasteiger partial charge in [0.25, 0.3) is 5.91 Å². The van der Waals surface area contributed by atoms with Crippen molar-refractivity contribution in [3.05, 3.63) is 48.0 Å². The molecule has 0 spiro atoms. The summed E-state index contributed by atoms with van der Waals surface area (Å²) in [6.07, 6.45) is 0. The molecule has 0 fully saturated rings. The second-order valence-corrected chi connectivity index (χ2v) is 7.11. The van der Waals surface area contributed by atoms with E-state index in [1.54, 1.807) is 36.4 Å². The van der Waals surface area contributed by atoms with E-state index in [-0.39, 0.29) is 22.2 Å². The zero-order valence-corrected chi connectivity index (χ0v) is 14.9. The smallest absolute Gasteiger partial charge is 0.251 e. The molecule has 140 valence electrons. The molecule has 1 aromatic heterocycles. The fraction of sp³-hybridized carbons (Fsp3) is 0.125. The number of hydrogen-bond acceptors (Lipinski definition) is 7. The molecular formula is C16H17N7O3S. The van der Waals surface area contributed by atoms with Crippen molar-refractivity contribution in [2.24, 2.45) is 10.9 Å². The molecule has 27 heavy (non-hydrogen) atoms. The number of carbonyl (C=O) groups excluding carboxylic acids is 1. The standard InChI is InChI=1S/C16H17N7O3S/c17-8-9-19-16(24)11-6-4-10(5-7-11)12-2-1-3-13(27(18,25)26)14(12)15-20-22-23-21-15/h1-7H,8-9,17H2,(H,19,24)(H2,18,25,26)(H,20,21,22,23). The van der Waals surface area contributed by atoms with Gasteiger partial charge in [0.1, 0.15) is 0 Å². The van der Waals surface area contributed by atoms with E-state index in [2.05, 4.69) is 25.9 Å². The van der Waals surface area contributed by atoms with E-state index in [9.17, 15) is 13.2 Å². The largest absolute Gasteiger partial charge is 0.351 e. The fourth-order valence-corrected chi connectivity index (χ4v) is 3.35. The van der Waals surface area contributed by atoms with Crippen LogP contribution < -0.4 is 16.2 Å². The average molecular weight is 387 g/mol. The predicted octanol–water partition coefficient (Wildman–Crippen LogP) is -0.130. The number of carbonyl (C=O) groups is 1. The zero-order valence-electron chi connectivity index (χ0n) is 14.1. The van der Waals surface area contributed by atoms with Crippen LogP contribution in [0.25, 0.3) is 22.5 Å². The van der Waals surface area contributed by atoms with Crippen molar-refractivity contribution in [3.63, 3.8) is 0 Å². The minimum atomic E-state index is -4.02. The lowest BCUT2D eigenvalue weighted by Crippen LogP contribution is -2.28. The number of primary sulfonamides is 1. The molecule has 0 aliphatic heterocycles. The first-order valence-electron chi connectivity index (χ1n) is 7.90. The molecule has 1 amide bonds. The number of rotatable bonds is 6. The van der Waals surface area contributed by atoms with E-state index in [4.69, 9.17) is 10.9 Å². The minimum absolute atomic E-state index is 0.0967. The van der Waals surface area contributed by atoms with Gasteiger partial charge in [-0.15, -0.1) is 10.2 Å². The van der Waals surface area contributed by atoms with Crippen LogP contribution in [0.1, 0.15) is 10.4 Å². The number of tetrazole rings is 1. The maximum absolute atomic E-state index is 12.0. The zero-order chi connectivity index (χ0) is 19.4. The molecule has 0 unspecified atom stereocenters. The molecule has 0 bridgehead atoms. The van der Waals surface area contributed by atoms with Crippen LogP contribution in [-0.4, -0.2) is 48.0 Å². The Morgan fingerprint density at radius 1 is 1.15 bits per heavy atom. The van der Waals surface area contributed by atoms with Crippen molar-refractivity contribution in [1.82, 2.24) is 25.9 Å². The van der Waals surface area contributed by atoms with Gasteiger partial charge in [-0.25, -0.2) is 13.6 Å². The SMILES string of the molecule is NCCNC(=O)c1ccc(-c2cccc(S(N)(=O)=O)c2-c2nn[nH]n2)cc1. The van der Waals surface area contributed by atoms with Crippen LogP contribution in [0.4, 0.5) is 0 Å². The van der Waals surface area contributed by atoms with E-state index in [1.165, 1.54) is 6.07 Å². The van der Waals surface area contributed by atoms with Crippen LogP contribution in [-0.2, 0) is 10.0 Å². The normalized spacial score (nSPS) is 11.3. The Morgan fingerprint density at radius 3 is 2.48 bits per heavy atom. The molecule has 0 radical (unpaired) electrons. The van der Waals surface area contributed by atoms with Crippen LogP contribution in [0.15, 0.2) is 47.4 Å². The first kappa shape index (κ1) is 18.6. The highest BCUT2D eigenvalue weighted by molar-refractivity contribution is 7.89. The first-order valence-corrected chi connectivity index (χ1v) is 9.45. The number of hydrogen-bond donors (Lipinski definition) is 4. The number of amides is 1. The molecule has 2 aromatic carbocycles. The van der Waals surface area contributed by atoms with Crippen molar-refractivity contribution < 1.29 is 13.2 Å². The van der Waals surface area contributed by atoms with Gasteiger partial charge in [0, 0.05) is 18.7 Å². The number of nitrogens with zero attached hydrogens (tertiary/aromatic N) is 3. The van der Waals surface area contributed by atoms with Gasteiger partial charge in [0.15, 0.2) is 0 Å². The summed E-state index contributed by atoms with van der Waals surface area (Å²) in [6.45, 7) is 0.719. The van der Waals surface area contributed by atoms with Gasteiger partial charge < -0.3 is 11.1 Å². The van der Waals surface area contributed by atoms with Crippen molar-refractivity contribution in [1.29, 1.82) is 0 Å². The van der Waals surface area contributed by atoms with E-state index in [0.29, 0.717) is 29.8 Å². The molecule has 0 saturated heterocycles. The molecule has 0 aliphatic rings. The predicted molar refractivity (Wildman–Crippen MR) is 97.8 cm³/mol. The number of nitrogens with one attached hydrogen (secondary N) is 2. The first-order chi connectivity index (χ1) is 12.9. The van der Waals surface area contributed by atoms with Crippen LogP contribution in [0.5, 0.6) is 0 Å². The molecule has 10 nitrogen and oxygen atoms in total. The van der Waals surface area contributed by atoms with E-state index >= 15 is 0 Å². The average Bonchev–Trinajstić information content (AvgIpc) is 3.19. The maximum atomic E-state index is 12.0. The van der Waals surface area contributed by atoms with Gasteiger partial charge >= 0.3 is 0 Å². The number of aromatic nitrogens is 4. The molecular weight excluding hydrogens is 370 g/mol. The van der Waals surface area contributed by atoms with Crippen LogP contribution >= 0.6 is 0 Å². The highest BCUT2D eigenvalue weighted by atomic mass is 32.2. The topological polar surface area (TPSA) is 170 Å². The summed E-state index contributed by atoms with van der Waals surface area (Å²) in [4.78, 5) is 11.9. The minimum Gasteiger partial charge on any atom is -0.351 e. The number of sulfonamides is 1. The molecule has 3 aromatic rings. The summed E-state index contributed by atoms with van der Waals surface area (Å²) < 4.78 is 24.0. The Kier molecular flexibility index (Phi) is 5.26. The molecule has 6 N–H and O–H groups in total. The van der Waals surface area contributed by atoms with Crippen molar-refractivity contribution in [2.45, 2.75) is 4.90 Å². The quantitative estimate of drug-likeness (QED) is 0.456. The Labute approximate surface area is 155 Å². The van der Waals surface area contributed by atoms with Crippen molar-refractivity contribution >= 4 is 15.9 Å². The number of aromatic amines is 1. The fourth-order valence-electron chi connectivity index (χ4n) is 2.60. The molecule has 0 aliphatic carbocycles. The van der Waals surface area contributed by atoms with Gasteiger partial charge in [0.05, 0.1) is 10.5 Å². The highest BCUT2D eigenvalue weighted by Gasteiger charge is 2.22. The number of benzene rings is 2. The summed E-state index contributed by atoms with van der Waals surface area (Å²) in [6, 6.07) is 11.3. The molecule has 11 heteroatoms. The molecule has 0 saturated carbocycles. The summed E-state index contributed by atoms with van der Waals surface area (Å²) in [5.74, 6) is -0.150. The van der Waals surface area contributed by atoms with Crippen LogP contribution in [0.2, 0.25) is 0 Å². The lowest BCUT2D eigenvalue weighted by molar-refractivity contribution is 0.0954. The Morgan fingerprint density at radius 2 is 1.89 bits per heavy atom. The van der Waals surface area contributed by atoms with Crippen LogP contribution in [0.3, 0.4) is 0 Å². The summed E-state index contributed by atoms with van der Waals surface area (Å²) in [5.41, 5.74) is 7.26. The van der Waals surface area contributed by atoms with E-state index < -0.39 is 10.0 Å². The van der Waals surface area contributed by atoms with E-state index in [1.807, 2.05) is 0 Å². The monoisotopic (exact) mass is 387 g/mol. The van der Waals surface area contributed by atoms with Crippen molar-refractivity contribution in [2.75, 3.05) is 13.1 Å². The Bertz CT molecular complexity index is 1050. The van der Waals surface area contributed by atoms with Gasteiger partial charge in [-0.3, -0.25) is 4.79 Å². The lowest BCUT2D eigenvalue weighted by atomic mass is 9.98. The lowest BCUT2D eigenvalue weighted by Gasteiger charge is -2.12. The molecule has 0 atom stereocenters. The number of nitrogens with two attached hydrogens (primary N) is 2. The van der Waals surface area contributed by atoms with E-state index in [0.717, 1.165) is 0 Å². The summed E-state index contributed by atoms with van der Waals surface area (Å²) in [5, 5.41) is 21.6. The second-order valence-electron chi connectivity index (χ2n) is 5.58. The van der Waals surface area contributed by atoms with Crippen molar-refractivity contribution in [3.8, 4) is 22.5 Å². The van der Waals surface area contributed by atoms with Gasteiger partial charge in [-0.1, -0.05) is 24.3 Å². The molecule has 3 rings (SSSR count). The van der Waals surface area contributed by atoms with Gasteiger partial charge in [-0.2, -0.15) is 5.21 Å². The molecule has 1 heterocycles. The third kappa shape index (κ3) is 4.00. The summed E-state index contributed by atoms with van der Waals surface area (Å²) >= 11 is 0. The highest BCUT2D eigenvalue weighted by Crippen LogP contribution is 2.34. The maximum Gasteiger partial charge on any atom is 0.251 e. The third-order valence-corrected chi connectivity index (χ3v) is 4.74. The number of H-pyrrole nitrogens is 1. The third-order valence-electron chi connectivity index (χ3n) is 3.79. The van der Waals surface area contributed by atoms with Gasteiger partial charge in [0.2, 0.25) is 15.8 Å². The summed E-state index contributed by atoms with van der Waals surface area (Å²) in [7, 11) is -4.02. The Hall–Kier alpha value is -3.15. The van der Waals surface area contributed by atoms with Gasteiger partial charge in [-0.05, 0) is 34.5 Å².